The maximum absolute atomic E-state index is 13.0. The summed E-state index contributed by atoms with van der Waals surface area (Å²) in [5, 5.41) is 4.72. The van der Waals surface area contributed by atoms with Crippen LogP contribution in [0.1, 0.15) is 35.1 Å². The quantitative estimate of drug-likeness (QED) is 0.191. The number of anilines is 1. The Morgan fingerprint density at radius 1 is 1.21 bits per heavy atom. The Hall–Kier alpha value is -3.76. The number of hydrogen-bond donors (Lipinski definition) is 2. The normalized spacial score (nSPS) is 13.7. The van der Waals surface area contributed by atoms with Crippen LogP contribution in [0.3, 0.4) is 0 Å². The van der Waals surface area contributed by atoms with E-state index in [0.717, 1.165) is 5.52 Å². The van der Waals surface area contributed by atoms with E-state index < -0.39 is 6.04 Å². The second-order valence-electron chi connectivity index (χ2n) is 8.74. The fourth-order valence-electron chi connectivity index (χ4n) is 4.26. The van der Waals surface area contributed by atoms with E-state index >= 15 is 0 Å². The van der Waals surface area contributed by atoms with Crippen LogP contribution in [0.4, 0.5) is 5.82 Å². The molecule has 0 saturated heterocycles. The molecule has 0 radical (unpaired) electrons. The molecule has 1 atom stereocenters. The highest BCUT2D eigenvalue weighted by molar-refractivity contribution is 9.10. The van der Waals surface area contributed by atoms with Gasteiger partial charge in [-0.3, -0.25) is 9.59 Å². The molecule has 1 amide bonds. The summed E-state index contributed by atoms with van der Waals surface area (Å²) in [6.07, 6.45) is 7.44. The summed E-state index contributed by atoms with van der Waals surface area (Å²) in [4.78, 5) is 43.9. The van der Waals surface area contributed by atoms with Crippen molar-refractivity contribution in [3.05, 3.63) is 82.3 Å². The van der Waals surface area contributed by atoms with E-state index in [9.17, 15) is 9.59 Å². The van der Waals surface area contributed by atoms with Crippen LogP contribution in [0, 0.1) is 0 Å². The highest BCUT2D eigenvalue weighted by atomic mass is 79.9. The predicted molar refractivity (Wildman–Crippen MR) is 150 cm³/mol. The number of aromatic nitrogens is 4. The molecule has 3 heterocycles. The number of nitrogens with one attached hydrogen (secondary N) is 2. The molecule has 2 aromatic heterocycles. The van der Waals surface area contributed by atoms with Gasteiger partial charge < -0.3 is 19.9 Å². The summed E-state index contributed by atoms with van der Waals surface area (Å²) < 4.78 is 5.80. The highest BCUT2D eigenvalue weighted by Crippen LogP contribution is 2.32. The zero-order valence-corrected chi connectivity index (χ0v) is 22.6. The van der Waals surface area contributed by atoms with Crippen LogP contribution in [-0.4, -0.2) is 56.4 Å². The van der Waals surface area contributed by atoms with Crippen LogP contribution in [0.15, 0.2) is 65.9 Å². The van der Waals surface area contributed by atoms with E-state index in [1.807, 2.05) is 24.3 Å². The second kappa shape index (κ2) is 11.3. The number of rotatable bonds is 9. The van der Waals surface area contributed by atoms with Gasteiger partial charge in [-0.25, -0.2) is 15.0 Å². The van der Waals surface area contributed by atoms with E-state index in [4.69, 9.17) is 21.3 Å². The minimum atomic E-state index is -0.411. The van der Waals surface area contributed by atoms with Gasteiger partial charge in [0.2, 0.25) is 0 Å². The molecule has 1 aliphatic rings. The topological polar surface area (TPSA) is 113 Å². The minimum Gasteiger partial charge on any atom is -0.461 e. The molecule has 0 spiro atoms. The number of benzene rings is 2. The lowest BCUT2D eigenvalue weighted by Crippen LogP contribution is -2.28. The minimum absolute atomic E-state index is 0.0752. The first-order valence-electron chi connectivity index (χ1n) is 12.0. The molecule has 1 aliphatic heterocycles. The van der Waals surface area contributed by atoms with Crippen LogP contribution in [-0.2, 0) is 9.53 Å². The second-order valence-corrected chi connectivity index (χ2v) is 10.0. The first-order valence-corrected chi connectivity index (χ1v) is 13.2. The molecule has 38 heavy (non-hydrogen) atoms. The standard InChI is InChI=1S/C27H24BrClN6O3/c1-2-11-38-24(36)8-7-21(26-32-20-6-5-16(29)12-23(20)34-26)33-25-18-13-19(28)17(14-22(18)30-15-31-25)27(37)35-9-3-4-10-35/h2-6,12-15,21H,1,7-11H2,(H,32,34)(H,30,31,33). The molecule has 9 nitrogen and oxygen atoms in total. The molecular formula is C27H24BrClN6O3. The van der Waals surface area contributed by atoms with Gasteiger partial charge in [-0.15, -0.1) is 0 Å². The van der Waals surface area contributed by atoms with Gasteiger partial charge in [0, 0.05) is 34.4 Å². The number of halogens is 2. The first kappa shape index (κ1) is 25.9. The van der Waals surface area contributed by atoms with Crippen LogP contribution in [0.5, 0.6) is 0 Å². The lowest BCUT2D eigenvalue weighted by Gasteiger charge is -2.19. The Bertz CT molecular complexity index is 1560. The zero-order chi connectivity index (χ0) is 26.6. The van der Waals surface area contributed by atoms with Crippen LogP contribution < -0.4 is 5.32 Å². The van der Waals surface area contributed by atoms with Gasteiger partial charge in [-0.2, -0.15) is 0 Å². The summed E-state index contributed by atoms with van der Waals surface area (Å²) in [7, 11) is 0. The van der Waals surface area contributed by atoms with Crippen LogP contribution in [0.2, 0.25) is 5.02 Å². The zero-order valence-electron chi connectivity index (χ0n) is 20.3. The maximum atomic E-state index is 13.0. The van der Waals surface area contributed by atoms with Crippen molar-refractivity contribution in [2.75, 3.05) is 25.0 Å². The summed E-state index contributed by atoms with van der Waals surface area (Å²) in [6, 6.07) is 8.60. The highest BCUT2D eigenvalue weighted by Gasteiger charge is 2.23. The Balaban J connectivity index is 1.47. The third-order valence-corrected chi connectivity index (χ3v) is 7.05. The van der Waals surface area contributed by atoms with Gasteiger partial charge in [0.25, 0.3) is 5.91 Å². The Morgan fingerprint density at radius 2 is 2.03 bits per heavy atom. The van der Waals surface area contributed by atoms with Crippen molar-refractivity contribution in [1.29, 1.82) is 0 Å². The molecule has 2 N–H and O–H groups in total. The maximum Gasteiger partial charge on any atom is 0.306 e. The third-order valence-electron chi connectivity index (χ3n) is 6.16. The van der Waals surface area contributed by atoms with Crippen molar-refractivity contribution < 1.29 is 14.3 Å². The average Bonchev–Trinajstić information content (AvgIpc) is 3.59. The summed E-state index contributed by atoms with van der Waals surface area (Å²) in [6.45, 7) is 4.90. The van der Waals surface area contributed by atoms with E-state index in [0.29, 0.717) is 62.6 Å². The number of amides is 1. The molecule has 11 heteroatoms. The lowest BCUT2D eigenvalue weighted by molar-refractivity contribution is -0.142. The van der Waals surface area contributed by atoms with Gasteiger partial charge in [0.05, 0.1) is 28.2 Å². The SMILES string of the molecule is C=CCOC(=O)CCC(Nc1ncnc2cc(C(=O)N3CC=CC3)c(Br)cc12)c1nc2cc(Cl)ccc2[nH]1. The molecule has 4 aromatic rings. The van der Waals surface area contributed by atoms with Crippen molar-refractivity contribution in [1.82, 2.24) is 24.8 Å². The van der Waals surface area contributed by atoms with Crippen molar-refractivity contribution in [2.45, 2.75) is 18.9 Å². The molecular weight excluding hydrogens is 572 g/mol. The van der Waals surface area contributed by atoms with Crippen molar-refractivity contribution in [3.63, 3.8) is 0 Å². The van der Waals surface area contributed by atoms with Gasteiger partial charge >= 0.3 is 5.97 Å². The number of nitrogens with zero attached hydrogens (tertiary/aromatic N) is 4. The van der Waals surface area contributed by atoms with Gasteiger partial charge in [-0.1, -0.05) is 36.4 Å². The number of carbonyl (C=O) groups is 2. The van der Waals surface area contributed by atoms with E-state index in [-0.39, 0.29) is 24.9 Å². The van der Waals surface area contributed by atoms with Gasteiger partial charge in [0.1, 0.15) is 24.6 Å². The third kappa shape index (κ3) is 5.56. The molecule has 0 saturated carbocycles. The van der Waals surface area contributed by atoms with E-state index in [2.05, 4.69) is 42.8 Å². The summed E-state index contributed by atoms with van der Waals surface area (Å²) in [5.74, 6) is 0.748. The van der Waals surface area contributed by atoms with Crippen molar-refractivity contribution >= 4 is 67.2 Å². The monoisotopic (exact) mass is 594 g/mol. The number of hydrogen-bond acceptors (Lipinski definition) is 7. The van der Waals surface area contributed by atoms with E-state index in [1.165, 1.54) is 12.4 Å². The molecule has 5 rings (SSSR count). The van der Waals surface area contributed by atoms with Crippen molar-refractivity contribution in [3.8, 4) is 0 Å². The molecule has 1 unspecified atom stereocenters. The van der Waals surface area contributed by atoms with Gasteiger partial charge in [-0.05, 0) is 52.7 Å². The first-order chi connectivity index (χ1) is 18.4. The number of aromatic amines is 1. The van der Waals surface area contributed by atoms with Gasteiger partial charge in [0.15, 0.2) is 0 Å². The molecule has 0 aliphatic carbocycles. The Kier molecular flexibility index (Phi) is 7.71. The van der Waals surface area contributed by atoms with E-state index in [1.54, 1.807) is 23.1 Å². The average molecular weight is 596 g/mol. The number of ether oxygens (including phenoxy) is 1. The summed E-state index contributed by atoms with van der Waals surface area (Å²) in [5.41, 5.74) is 2.67. The molecule has 2 aromatic carbocycles. The number of H-pyrrole nitrogens is 1. The number of fused-ring (bicyclic) bond motifs is 2. The Morgan fingerprint density at radius 3 is 2.82 bits per heavy atom. The number of carbonyl (C=O) groups excluding carboxylic acids is 2. The summed E-state index contributed by atoms with van der Waals surface area (Å²) >= 11 is 9.72. The smallest absolute Gasteiger partial charge is 0.306 e. The number of esters is 1. The number of imidazole rings is 1. The fraction of sp³-hybridized carbons (Fsp3) is 0.222. The predicted octanol–water partition coefficient (Wildman–Crippen LogP) is 5.60. The molecule has 0 fully saturated rings. The fourth-order valence-corrected chi connectivity index (χ4v) is 4.94. The molecule has 0 bridgehead atoms. The largest absolute Gasteiger partial charge is 0.461 e. The molecule has 194 valence electrons. The van der Waals surface area contributed by atoms with Crippen LogP contribution in [0.25, 0.3) is 21.9 Å². The van der Waals surface area contributed by atoms with Crippen LogP contribution >= 0.6 is 27.5 Å². The lowest BCUT2D eigenvalue weighted by atomic mass is 10.1. The Labute approximate surface area is 232 Å². The van der Waals surface area contributed by atoms with Crippen molar-refractivity contribution in [2.24, 2.45) is 0 Å².